The molecule has 0 fully saturated rings. The van der Waals surface area contributed by atoms with Crippen molar-refractivity contribution in [3.8, 4) is 11.5 Å². The van der Waals surface area contributed by atoms with Crippen LogP contribution >= 0.6 is 22.7 Å². The molecule has 0 spiro atoms. The Morgan fingerprint density at radius 3 is 2.65 bits per heavy atom. The molecule has 0 aliphatic carbocycles. The number of aliphatic hydroxyl groups excluding tert-OH is 1. The number of Topliss-reactive ketones (excluding diaryl/α,β-unsaturated/α-hetero) is 1. The Morgan fingerprint density at radius 2 is 2.00 bits per heavy atom. The Kier molecular flexibility index (Phi) is 7.33. The van der Waals surface area contributed by atoms with Gasteiger partial charge in [0.05, 0.1) is 29.7 Å². The van der Waals surface area contributed by atoms with Gasteiger partial charge in [-0.05, 0) is 48.4 Å². The lowest BCUT2D eigenvalue weighted by Crippen LogP contribution is -2.31. The molecule has 178 valence electrons. The predicted molar refractivity (Wildman–Crippen MR) is 133 cm³/mol. The minimum Gasteiger partial charge on any atom is -0.503 e. The Hall–Kier alpha value is -3.17. The number of ketones is 1. The van der Waals surface area contributed by atoms with Crippen molar-refractivity contribution in [2.45, 2.75) is 33.2 Å². The fraction of sp³-hybridized carbons (Fsp3) is 0.320. The highest BCUT2D eigenvalue weighted by atomic mass is 32.1. The fourth-order valence-corrected chi connectivity index (χ4v) is 5.06. The van der Waals surface area contributed by atoms with Gasteiger partial charge in [-0.3, -0.25) is 14.5 Å². The number of ether oxygens (including phenoxy) is 2. The molecule has 0 saturated heterocycles. The van der Waals surface area contributed by atoms with Crippen molar-refractivity contribution in [3.05, 3.63) is 69.1 Å². The molecular formula is C25H26N2O5S2. The summed E-state index contributed by atoms with van der Waals surface area (Å²) in [6.07, 6.45) is 2.48. The molecule has 0 saturated carbocycles. The molecule has 1 atom stereocenters. The molecule has 34 heavy (non-hydrogen) atoms. The normalized spacial score (nSPS) is 15.9. The number of benzene rings is 1. The van der Waals surface area contributed by atoms with Gasteiger partial charge in [-0.1, -0.05) is 26.0 Å². The van der Waals surface area contributed by atoms with Gasteiger partial charge in [0.25, 0.3) is 5.91 Å². The molecule has 1 aromatic carbocycles. The summed E-state index contributed by atoms with van der Waals surface area (Å²) < 4.78 is 11.8. The first-order valence-electron chi connectivity index (χ1n) is 11.1. The molecule has 1 aliphatic heterocycles. The van der Waals surface area contributed by atoms with Crippen LogP contribution < -0.4 is 14.4 Å². The minimum atomic E-state index is -0.850. The van der Waals surface area contributed by atoms with Gasteiger partial charge in [-0.15, -0.1) is 22.7 Å². The van der Waals surface area contributed by atoms with Gasteiger partial charge in [0.2, 0.25) is 5.78 Å². The van der Waals surface area contributed by atoms with E-state index in [1.54, 1.807) is 47.3 Å². The number of carbonyl (C=O) groups excluding carboxylic acids is 2. The highest BCUT2D eigenvalue weighted by molar-refractivity contribution is 7.14. The standard InChI is InChI=1S/C25H26N2O5S2/c1-4-31-18-14-16(7-8-17(18)32-11-9-15(2)3)21-20(22(28)19-6-5-12-33-19)23(29)24(30)27(21)25-26-10-13-34-25/h5-8,10,12-15,21,29H,4,9,11H2,1-3H3. The molecule has 1 N–H and O–H groups in total. The number of nitrogens with zero attached hydrogens (tertiary/aromatic N) is 2. The molecule has 1 amide bonds. The van der Waals surface area contributed by atoms with Crippen molar-refractivity contribution in [1.82, 2.24) is 4.98 Å². The van der Waals surface area contributed by atoms with E-state index in [2.05, 4.69) is 18.8 Å². The fourth-order valence-electron chi connectivity index (χ4n) is 3.71. The van der Waals surface area contributed by atoms with Crippen LogP contribution in [-0.4, -0.2) is 35.0 Å². The third-order valence-corrected chi connectivity index (χ3v) is 7.00. The van der Waals surface area contributed by atoms with Crippen LogP contribution in [0.1, 0.15) is 48.5 Å². The van der Waals surface area contributed by atoms with E-state index in [0.29, 0.717) is 46.2 Å². The van der Waals surface area contributed by atoms with Gasteiger partial charge in [0, 0.05) is 11.6 Å². The number of carbonyl (C=O) groups is 2. The number of hydrogen-bond acceptors (Lipinski definition) is 8. The van der Waals surface area contributed by atoms with Crippen molar-refractivity contribution in [1.29, 1.82) is 0 Å². The summed E-state index contributed by atoms with van der Waals surface area (Å²) in [7, 11) is 0. The maximum atomic E-state index is 13.4. The van der Waals surface area contributed by atoms with Crippen LogP contribution in [0.25, 0.3) is 0 Å². The number of aromatic nitrogens is 1. The first-order valence-corrected chi connectivity index (χ1v) is 12.8. The van der Waals surface area contributed by atoms with Crippen LogP contribution in [0, 0.1) is 5.92 Å². The second-order valence-electron chi connectivity index (χ2n) is 8.13. The van der Waals surface area contributed by atoms with E-state index in [0.717, 1.165) is 6.42 Å². The van der Waals surface area contributed by atoms with E-state index in [1.807, 2.05) is 6.92 Å². The topological polar surface area (TPSA) is 89.0 Å². The first-order chi connectivity index (χ1) is 16.4. The molecule has 2 aromatic heterocycles. The van der Waals surface area contributed by atoms with Crippen LogP contribution in [0.3, 0.4) is 0 Å². The predicted octanol–water partition coefficient (Wildman–Crippen LogP) is 5.81. The largest absolute Gasteiger partial charge is 0.503 e. The SMILES string of the molecule is CCOc1cc(C2C(C(=O)c3cccs3)=C(O)C(=O)N2c2nccs2)ccc1OCCC(C)C. The van der Waals surface area contributed by atoms with Crippen molar-refractivity contribution in [2.24, 2.45) is 5.92 Å². The van der Waals surface area contributed by atoms with Crippen molar-refractivity contribution in [2.75, 3.05) is 18.1 Å². The van der Waals surface area contributed by atoms with E-state index in [4.69, 9.17) is 9.47 Å². The number of thiophene rings is 1. The Morgan fingerprint density at radius 1 is 1.18 bits per heavy atom. The summed E-state index contributed by atoms with van der Waals surface area (Å²) in [5.74, 6) is 0.00874. The number of thiazole rings is 1. The molecule has 0 bridgehead atoms. The van der Waals surface area contributed by atoms with Crippen LogP contribution in [-0.2, 0) is 4.79 Å². The zero-order valence-corrected chi connectivity index (χ0v) is 20.8. The van der Waals surface area contributed by atoms with Gasteiger partial charge in [0.15, 0.2) is 22.4 Å². The van der Waals surface area contributed by atoms with Crippen molar-refractivity contribution in [3.63, 3.8) is 0 Å². The Balaban J connectivity index is 1.78. The lowest BCUT2D eigenvalue weighted by atomic mass is 9.95. The smallest absolute Gasteiger partial charge is 0.296 e. The highest BCUT2D eigenvalue weighted by Crippen LogP contribution is 2.44. The Bertz CT molecular complexity index is 1190. The van der Waals surface area contributed by atoms with E-state index in [9.17, 15) is 14.7 Å². The zero-order valence-electron chi connectivity index (χ0n) is 19.2. The second-order valence-corrected chi connectivity index (χ2v) is 9.95. The van der Waals surface area contributed by atoms with Gasteiger partial charge >= 0.3 is 0 Å². The summed E-state index contributed by atoms with van der Waals surface area (Å²) in [6.45, 7) is 7.11. The number of amides is 1. The third kappa shape index (κ3) is 4.71. The molecule has 7 nitrogen and oxygen atoms in total. The lowest BCUT2D eigenvalue weighted by molar-refractivity contribution is -0.117. The molecule has 1 unspecified atom stereocenters. The molecule has 1 aliphatic rings. The maximum Gasteiger partial charge on any atom is 0.296 e. The van der Waals surface area contributed by atoms with Crippen LogP contribution in [0.5, 0.6) is 11.5 Å². The Labute approximate surface area is 206 Å². The maximum absolute atomic E-state index is 13.4. The number of rotatable bonds is 10. The quantitative estimate of drug-likeness (QED) is 0.355. The average Bonchev–Trinajstić information content (AvgIpc) is 3.57. The highest BCUT2D eigenvalue weighted by Gasteiger charge is 2.46. The molecule has 3 heterocycles. The van der Waals surface area contributed by atoms with Gasteiger partial charge in [-0.2, -0.15) is 0 Å². The number of aliphatic hydroxyl groups is 1. The van der Waals surface area contributed by atoms with Crippen LogP contribution in [0.4, 0.5) is 5.13 Å². The summed E-state index contributed by atoms with van der Waals surface area (Å²) in [5.41, 5.74) is 0.644. The summed E-state index contributed by atoms with van der Waals surface area (Å²) >= 11 is 2.52. The second kappa shape index (κ2) is 10.4. The first kappa shape index (κ1) is 24.0. The van der Waals surface area contributed by atoms with E-state index in [1.165, 1.54) is 27.6 Å². The van der Waals surface area contributed by atoms with Crippen molar-refractivity contribution >= 4 is 39.5 Å². The van der Waals surface area contributed by atoms with E-state index < -0.39 is 17.7 Å². The monoisotopic (exact) mass is 498 g/mol. The number of anilines is 1. The molecule has 3 aromatic rings. The van der Waals surface area contributed by atoms with Crippen LogP contribution in [0.15, 0.2) is 58.6 Å². The summed E-state index contributed by atoms with van der Waals surface area (Å²) in [5, 5.41) is 14.7. The average molecular weight is 499 g/mol. The van der Waals surface area contributed by atoms with Gasteiger partial charge < -0.3 is 14.6 Å². The minimum absolute atomic E-state index is 0.0265. The van der Waals surface area contributed by atoms with Crippen LogP contribution in [0.2, 0.25) is 0 Å². The van der Waals surface area contributed by atoms with Gasteiger partial charge in [-0.25, -0.2) is 4.98 Å². The number of hydrogen-bond donors (Lipinski definition) is 1. The molecule has 0 radical (unpaired) electrons. The summed E-state index contributed by atoms with van der Waals surface area (Å²) in [6, 6.07) is 7.94. The molecule has 4 rings (SSSR count). The van der Waals surface area contributed by atoms with Gasteiger partial charge in [0.1, 0.15) is 0 Å². The summed E-state index contributed by atoms with van der Waals surface area (Å²) in [4.78, 5) is 32.6. The molecule has 9 heteroatoms. The third-order valence-electron chi connectivity index (χ3n) is 5.36. The lowest BCUT2D eigenvalue weighted by Gasteiger charge is -2.25. The van der Waals surface area contributed by atoms with E-state index >= 15 is 0 Å². The van der Waals surface area contributed by atoms with Crippen molar-refractivity contribution < 1.29 is 24.2 Å². The zero-order chi connectivity index (χ0) is 24.2. The molecular weight excluding hydrogens is 472 g/mol. The van der Waals surface area contributed by atoms with E-state index in [-0.39, 0.29) is 11.4 Å².